The Labute approximate surface area is 84.4 Å². The molecule has 0 spiro atoms. The minimum absolute atomic E-state index is 0.415. The Hall–Kier alpha value is -0.700. The molecule has 0 bridgehead atoms. The lowest BCUT2D eigenvalue weighted by atomic mass is 10.1. The third kappa shape index (κ3) is 2.62. The van der Waals surface area contributed by atoms with E-state index in [1.165, 1.54) is 6.07 Å². The topological polar surface area (TPSA) is 0 Å². The first-order valence-electron chi connectivity index (χ1n) is 3.83. The lowest BCUT2D eigenvalue weighted by molar-refractivity contribution is 0.576. The normalized spacial score (nSPS) is 11.1. The number of aryl methyl sites for hydroxylation is 1. The highest BCUT2D eigenvalue weighted by molar-refractivity contribution is 9.09. The van der Waals surface area contributed by atoms with Gasteiger partial charge in [-0.15, -0.1) is 0 Å². The first kappa shape index (κ1) is 10.4. The van der Waals surface area contributed by atoms with Crippen molar-refractivity contribution >= 4 is 22.0 Å². The molecule has 1 rings (SSSR count). The monoisotopic (exact) mass is 246 g/mol. The Balaban J connectivity index is 3.08. The quantitative estimate of drug-likeness (QED) is 0.699. The fourth-order valence-corrected chi connectivity index (χ4v) is 1.17. The molecule has 3 heteroatoms. The Morgan fingerprint density at radius 1 is 1.31 bits per heavy atom. The van der Waals surface area contributed by atoms with E-state index >= 15 is 0 Å². The summed E-state index contributed by atoms with van der Waals surface area (Å²) in [4.78, 5) is 0. The van der Waals surface area contributed by atoms with Gasteiger partial charge in [0, 0.05) is 17.0 Å². The predicted molar refractivity (Wildman–Crippen MR) is 53.9 cm³/mol. The van der Waals surface area contributed by atoms with Crippen LogP contribution in [-0.2, 0) is 0 Å². The van der Waals surface area contributed by atoms with Crippen molar-refractivity contribution in [1.82, 2.24) is 0 Å². The molecule has 70 valence electrons. The largest absolute Gasteiger partial charge is 0.207 e. The van der Waals surface area contributed by atoms with Crippen molar-refractivity contribution in [3.63, 3.8) is 0 Å². The standard InChI is InChI=1S/C10H9BrF2/c1-7-5-8(3-2-4-11)10(13)6-9(7)12/h2-3,5-6H,4H2,1H3. The van der Waals surface area contributed by atoms with Crippen molar-refractivity contribution in [3.8, 4) is 0 Å². The van der Waals surface area contributed by atoms with Crippen LogP contribution in [0.5, 0.6) is 0 Å². The highest BCUT2D eigenvalue weighted by Crippen LogP contribution is 2.15. The second-order valence-corrected chi connectivity index (χ2v) is 3.33. The van der Waals surface area contributed by atoms with Crippen molar-refractivity contribution in [2.45, 2.75) is 6.92 Å². The molecule has 0 saturated carbocycles. The summed E-state index contributed by atoms with van der Waals surface area (Å²) in [5.41, 5.74) is 0.869. The second kappa shape index (κ2) is 4.51. The van der Waals surface area contributed by atoms with Crippen LogP contribution in [0.3, 0.4) is 0 Å². The van der Waals surface area contributed by atoms with E-state index in [-0.39, 0.29) is 0 Å². The molecule has 0 saturated heterocycles. The van der Waals surface area contributed by atoms with Gasteiger partial charge in [-0.1, -0.05) is 28.1 Å². The van der Waals surface area contributed by atoms with Crippen molar-refractivity contribution in [1.29, 1.82) is 0 Å². The molecular weight excluding hydrogens is 238 g/mol. The maximum atomic E-state index is 13.0. The van der Waals surface area contributed by atoms with E-state index in [1.807, 2.05) is 0 Å². The van der Waals surface area contributed by atoms with Crippen LogP contribution in [-0.4, -0.2) is 5.33 Å². The molecule has 0 N–H and O–H groups in total. The average Bonchev–Trinajstić information content (AvgIpc) is 2.09. The van der Waals surface area contributed by atoms with Crippen LogP contribution in [0.4, 0.5) is 8.78 Å². The Morgan fingerprint density at radius 3 is 2.62 bits per heavy atom. The zero-order chi connectivity index (χ0) is 9.84. The van der Waals surface area contributed by atoms with Crippen LogP contribution < -0.4 is 0 Å². The smallest absolute Gasteiger partial charge is 0.133 e. The number of alkyl halides is 1. The molecule has 13 heavy (non-hydrogen) atoms. The van der Waals surface area contributed by atoms with Gasteiger partial charge in [0.05, 0.1) is 0 Å². The third-order valence-electron chi connectivity index (χ3n) is 1.66. The maximum Gasteiger partial charge on any atom is 0.133 e. The molecule has 0 aromatic heterocycles. The first-order chi connectivity index (χ1) is 6.15. The molecule has 0 radical (unpaired) electrons. The number of hydrogen-bond donors (Lipinski definition) is 0. The average molecular weight is 247 g/mol. The van der Waals surface area contributed by atoms with Gasteiger partial charge >= 0.3 is 0 Å². The van der Waals surface area contributed by atoms with Crippen LogP contribution in [0.25, 0.3) is 6.08 Å². The van der Waals surface area contributed by atoms with Gasteiger partial charge in [-0.05, 0) is 18.6 Å². The van der Waals surface area contributed by atoms with Crippen molar-refractivity contribution in [2.75, 3.05) is 5.33 Å². The summed E-state index contributed by atoms with van der Waals surface area (Å²) in [6.07, 6.45) is 3.38. The highest BCUT2D eigenvalue weighted by atomic mass is 79.9. The fraction of sp³-hybridized carbons (Fsp3) is 0.200. The van der Waals surface area contributed by atoms with Gasteiger partial charge < -0.3 is 0 Å². The summed E-state index contributed by atoms with van der Waals surface area (Å²) >= 11 is 3.18. The third-order valence-corrected chi connectivity index (χ3v) is 2.04. The Bertz CT molecular complexity index is 332. The molecule has 0 heterocycles. The summed E-state index contributed by atoms with van der Waals surface area (Å²) in [6, 6.07) is 2.40. The molecular formula is C10H9BrF2. The SMILES string of the molecule is Cc1cc(C=CCBr)c(F)cc1F. The van der Waals surface area contributed by atoms with E-state index in [0.717, 1.165) is 6.07 Å². The summed E-state index contributed by atoms with van der Waals surface area (Å²) in [5.74, 6) is -1.03. The van der Waals surface area contributed by atoms with Crippen molar-refractivity contribution < 1.29 is 8.78 Å². The second-order valence-electron chi connectivity index (χ2n) is 2.68. The van der Waals surface area contributed by atoms with Crippen LogP contribution >= 0.6 is 15.9 Å². The van der Waals surface area contributed by atoms with Crippen LogP contribution in [0.2, 0.25) is 0 Å². The van der Waals surface area contributed by atoms with Gasteiger partial charge in [0.1, 0.15) is 11.6 Å². The molecule has 0 aliphatic rings. The van der Waals surface area contributed by atoms with E-state index in [4.69, 9.17) is 0 Å². The summed E-state index contributed by atoms with van der Waals surface area (Å²) in [7, 11) is 0. The van der Waals surface area contributed by atoms with Gasteiger partial charge in [0.25, 0.3) is 0 Å². The maximum absolute atomic E-state index is 13.0. The first-order valence-corrected chi connectivity index (χ1v) is 4.95. The molecule has 0 unspecified atom stereocenters. The minimum atomic E-state index is -0.527. The molecule has 0 nitrogen and oxygen atoms in total. The number of rotatable bonds is 2. The van der Waals surface area contributed by atoms with E-state index < -0.39 is 11.6 Å². The van der Waals surface area contributed by atoms with Crippen LogP contribution in [0.15, 0.2) is 18.2 Å². The zero-order valence-corrected chi connectivity index (χ0v) is 8.74. The van der Waals surface area contributed by atoms with Crippen LogP contribution in [0, 0.1) is 18.6 Å². The zero-order valence-electron chi connectivity index (χ0n) is 7.15. The molecule has 0 aliphatic heterocycles. The van der Waals surface area contributed by atoms with Gasteiger partial charge in [-0.2, -0.15) is 0 Å². The Kier molecular flexibility index (Phi) is 3.60. The lowest BCUT2D eigenvalue weighted by Gasteiger charge is -2.00. The van der Waals surface area contributed by atoms with E-state index in [9.17, 15) is 8.78 Å². The van der Waals surface area contributed by atoms with E-state index in [0.29, 0.717) is 16.5 Å². The number of halogens is 3. The van der Waals surface area contributed by atoms with Crippen molar-refractivity contribution in [3.05, 3.63) is 41.0 Å². The van der Waals surface area contributed by atoms with Gasteiger partial charge in [0.2, 0.25) is 0 Å². The van der Waals surface area contributed by atoms with Crippen LogP contribution in [0.1, 0.15) is 11.1 Å². The predicted octanol–water partition coefficient (Wildman–Crippen LogP) is 3.68. The van der Waals surface area contributed by atoms with Crippen molar-refractivity contribution in [2.24, 2.45) is 0 Å². The number of benzene rings is 1. The fourth-order valence-electron chi connectivity index (χ4n) is 0.979. The molecule has 1 aromatic rings. The summed E-state index contributed by atoms with van der Waals surface area (Å²) in [5, 5.41) is 0.656. The Morgan fingerprint density at radius 2 is 2.00 bits per heavy atom. The molecule has 0 fully saturated rings. The summed E-state index contributed by atoms with van der Waals surface area (Å²) in [6.45, 7) is 1.61. The molecule has 0 amide bonds. The summed E-state index contributed by atoms with van der Waals surface area (Å²) < 4.78 is 25.9. The lowest BCUT2D eigenvalue weighted by Crippen LogP contribution is -1.89. The van der Waals surface area contributed by atoms with Gasteiger partial charge in [-0.3, -0.25) is 0 Å². The number of allylic oxidation sites excluding steroid dienone is 1. The molecule has 1 aromatic carbocycles. The molecule has 0 atom stereocenters. The van der Waals surface area contributed by atoms with E-state index in [2.05, 4.69) is 15.9 Å². The molecule has 0 aliphatic carbocycles. The van der Waals surface area contributed by atoms with E-state index in [1.54, 1.807) is 19.1 Å². The van der Waals surface area contributed by atoms with Gasteiger partial charge in [-0.25, -0.2) is 8.78 Å². The number of hydrogen-bond acceptors (Lipinski definition) is 0. The van der Waals surface area contributed by atoms with Gasteiger partial charge in [0.15, 0.2) is 0 Å². The minimum Gasteiger partial charge on any atom is -0.207 e. The highest BCUT2D eigenvalue weighted by Gasteiger charge is 2.03.